The highest BCUT2D eigenvalue weighted by Crippen LogP contribution is 2.75. The molecule has 6 nitrogen and oxygen atoms in total. The topological polar surface area (TPSA) is 79.8 Å². The average molecular weight is 791 g/mol. The molecule has 2 aromatic heterocycles. The van der Waals surface area contributed by atoms with Crippen molar-refractivity contribution < 1.29 is 0 Å². The van der Waals surface area contributed by atoms with E-state index in [1.165, 1.54) is 22.3 Å². The van der Waals surface area contributed by atoms with E-state index in [9.17, 15) is 10.5 Å². The highest BCUT2D eigenvalue weighted by Gasteiger charge is 2.69. The van der Waals surface area contributed by atoms with Gasteiger partial charge in [0, 0.05) is 39.5 Å². The van der Waals surface area contributed by atoms with Crippen LogP contribution in [-0.2, 0) is 27.1 Å². The van der Waals surface area contributed by atoms with Crippen LogP contribution in [-0.4, -0.2) is 9.97 Å². The number of rotatable bonds is 2. The van der Waals surface area contributed by atoms with Crippen molar-refractivity contribution in [1.29, 1.82) is 10.5 Å². The molecule has 0 unspecified atom stereocenters. The molecule has 61 heavy (non-hydrogen) atoms. The third-order valence-corrected chi connectivity index (χ3v) is 15.1. The minimum Gasteiger partial charge on any atom is -0.307 e. The smallest absolute Gasteiger partial charge is 0.103 e. The zero-order chi connectivity index (χ0) is 42.4. The summed E-state index contributed by atoms with van der Waals surface area (Å²) in [6.45, 7) is 18.4. The van der Waals surface area contributed by atoms with Gasteiger partial charge in [0.15, 0.2) is 0 Å². The van der Waals surface area contributed by atoms with E-state index in [-0.39, 0.29) is 0 Å². The normalized spacial score (nSPS) is 18.1. The fourth-order valence-corrected chi connectivity index (χ4v) is 12.9. The predicted octanol–water partition coefficient (Wildman–Crippen LogP) is 13.0. The lowest BCUT2D eigenvalue weighted by Gasteiger charge is -2.50. The van der Waals surface area contributed by atoms with E-state index in [1.54, 1.807) is 0 Å². The molecule has 0 bridgehead atoms. The van der Waals surface area contributed by atoms with Gasteiger partial charge in [0.05, 0.1) is 56.6 Å². The van der Waals surface area contributed by atoms with Crippen LogP contribution in [0.3, 0.4) is 0 Å². The van der Waals surface area contributed by atoms with Crippen LogP contribution in [0.2, 0.25) is 0 Å². The minimum absolute atomic E-state index is 0.341. The maximum absolute atomic E-state index is 11.9. The van der Waals surface area contributed by atoms with Crippen LogP contribution >= 0.6 is 0 Å². The molecule has 0 N–H and O–H groups in total. The first kappa shape index (κ1) is 37.0. The SMILES string of the molecule is CC1(C)c2ccccc2N(c2c(C#N)c(C#N)c(N3c4ccccc4C(C)(C)c4ncccc43)c3c2C(C)(C)C2(c4ccccc4-c4ccccc42)C3(C)C)c2cccnc21. The molecule has 5 aromatic carbocycles. The van der Waals surface area contributed by atoms with Crippen LogP contribution < -0.4 is 9.80 Å². The summed E-state index contributed by atoms with van der Waals surface area (Å²) in [4.78, 5) is 14.7. The lowest BCUT2D eigenvalue weighted by atomic mass is 9.52. The Hall–Kier alpha value is -7.02. The Kier molecular flexibility index (Phi) is 7.31. The van der Waals surface area contributed by atoms with E-state index in [1.807, 2.05) is 24.5 Å². The van der Waals surface area contributed by atoms with Gasteiger partial charge in [0.1, 0.15) is 12.1 Å². The molecule has 0 amide bonds. The van der Waals surface area contributed by atoms with E-state index in [4.69, 9.17) is 9.97 Å². The maximum Gasteiger partial charge on any atom is 0.103 e. The molecule has 1 spiro atoms. The van der Waals surface area contributed by atoms with Gasteiger partial charge in [0.2, 0.25) is 0 Å². The van der Waals surface area contributed by atoms with E-state index in [0.29, 0.717) is 11.1 Å². The second kappa shape index (κ2) is 12.1. The van der Waals surface area contributed by atoms with Crippen LogP contribution in [0.1, 0.15) is 111 Å². The van der Waals surface area contributed by atoms with Crippen LogP contribution in [0.4, 0.5) is 34.1 Å². The van der Waals surface area contributed by atoms with Gasteiger partial charge in [-0.1, -0.05) is 113 Å². The minimum atomic E-state index is -0.672. The van der Waals surface area contributed by atoms with E-state index in [0.717, 1.165) is 67.8 Å². The molecule has 4 heterocycles. The highest BCUT2D eigenvalue weighted by atomic mass is 15.2. The van der Waals surface area contributed by atoms with Crippen molar-refractivity contribution in [2.45, 2.75) is 82.5 Å². The number of nitrogens with zero attached hydrogens (tertiary/aromatic N) is 6. The highest BCUT2D eigenvalue weighted by molar-refractivity contribution is 6.00. The van der Waals surface area contributed by atoms with Gasteiger partial charge < -0.3 is 9.80 Å². The van der Waals surface area contributed by atoms with Gasteiger partial charge >= 0.3 is 0 Å². The Bertz CT molecular complexity index is 2840. The second-order valence-corrected chi connectivity index (χ2v) is 19.2. The third kappa shape index (κ3) is 4.20. The van der Waals surface area contributed by atoms with Crippen molar-refractivity contribution >= 4 is 34.1 Å². The van der Waals surface area contributed by atoms with Crippen molar-refractivity contribution in [3.63, 3.8) is 0 Å². The van der Waals surface area contributed by atoms with E-state index >= 15 is 0 Å². The lowest BCUT2D eigenvalue weighted by molar-refractivity contribution is 0.232. The summed E-state index contributed by atoms with van der Waals surface area (Å²) < 4.78 is 0. The van der Waals surface area contributed by atoms with Crippen LogP contribution in [0.5, 0.6) is 0 Å². The van der Waals surface area contributed by atoms with Gasteiger partial charge in [-0.2, -0.15) is 10.5 Å². The molecule has 0 saturated heterocycles. The molecular formula is C55H46N6. The second-order valence-electron chi connectivity index (χ2n) is 19.2. The molecule has 0 fully saturated rings. The monoisotopic (exact) mass is 790 g/mol. The number of hydrogen-bond acceptors (Lipinski definition) is 6. The average Bonchev–Trinajstić information content (AvgIpc) is 3.65. The number of nitriles is 2. The van der Waals surface area contributed by atoms with Gasteiger partial charge in [0.25, 0.3) is 0 Å². The molecule has 11 rings (SSSR count). The van der Waals surface area contributed by atoms with Gasteiger partial charge in [-0.15, -0.1) is 0 Å². The number of hydrogen-bond donors (Lipinski definition) is 0. The quantitative estimate of drug-likeness (QED) is 0.173. The molecule has 296 valence electrons. The van der Waals surface area contributed by atoms with E-state index < -0.39 is 27.1 Å². The molecule has 2 aliphatic heterocycles. The first-order chi connectivity index (χ1) is 29.3. The fraction of sp³-hybridized carbons (Fsp3) is 0.236. The lowest BCUT2D eigenvalue weighted by Crippen LogP contribution is -2.51. The third-order valence-electron chi connectivity index (χ3n) is 15.1. The zero-order valence-corrected chi connectivity index (χ0v) is 35.9. The number of pyridine rings is 2. The summed E-state index contributed by atoms with van der Waals surface area (Å²) in [5.74, 6) is 0. The molecule has 0 saturated carbocycles. The molecule has 0 radical (unpaired) electrons. The molecule has 7 aromatic rings. The van der Waals surface area contributed by atoms with Crippen LogP contribution in [0.25, 0.3) is 11.1 Å². The zero-order valence-electron chi connectivity index (χ0n) is 35.9. The number of para-hydroxylation sites is 2. The summed E-state index contributed by atoms with van der Waals surface area (Å²) in [6, 6.07) is 48.4. The number of aromatic nitrogens is 2. The maximum atomic E-state index is 11.9. The van der Waals surface area contributed by atoms with Crippen molar-refractivity contribution in [2.24, 2.45) is 0 Å². The summed E-state index contributed by atoms with van der Waals surface area (Å²) in [5.41, 5.74) is 14.2. The molecule has 0 atom stereocenters. The van der Waals surface area contributed by atoms with Gasteiger partial charge in [-0.05, 0) is 109 Å². The molecule has 2 aliphatic carbocycles. The Balaban J connectivity index is 1.38. The number of anilines is 6. The Morgan fingerprint density at radius 3 is 1.16 bits per heavy atom. The number of benzene rings is 5. The van der Waals surface area contributed by atoms with Crippen molar-refractivity contribution in [1.82, 2.24) is 9.97 Å². The van der Waals surface area contributed by atoms with Crippen LogP contribution in [0, 0.1) is 22.7 Å². The molecular weight excluding hydrogens is 745 g/mol. The summed E-state index contributed by atoms with van der Waals surface area (Å²) in [5, 5.41) is 23.8. The molecule has 6 heteroatoms. The Morgan fingerprint density at radius 2 is 0.770 bits per heavy atom. The van der Waals surface area contributed by atoms with Crippen LogP contribution in [0.15, 0.2) is 134 Å². The van der Waals surface area contributed by atoms with Gasteiger partial charge in [-0.3, -0.25) is 9.97 Å². The Morgan fingerprint density at radius 1 is 0.426 bits per heavy atom. The predicted molar refractivity (Wildman–Crippen MR) is 244 cm³/mol. The number of fused-ring (bicyclic) bond motifs is 10. The Labute approximate surface area is 358 Å². The van der Waals surface area contributed by atoms with Gasteiger partial charge in [-0.25, -0.2) is 0 Å². The van der Waals surface area contributed by atoms with Crippen molar-refractivity contribution in [3.8, 4) is 23.3 Å². The largest absolute Gasteiger partial charge is 0.307 e. The van der Waals surface area contributed by atoms with E-state index in [2.05, 4.69) is 187 Å². The first-order valence-electron chi connectivity index (χ1n) is 21.2. The fourth-order valence-electron chi connectivity index (χ4n) is 12.9. The first-order valence-corrected chi connectivity index (χ1v) is 21.2. The van der Waals surface area contributed by atoms with Crippen molar-refractivity contribution in [2.75, 3.05) is 9.80 Å². The summed E-state index contributed by atoms with van der Waals surface area (Å²) in [6.07, 6.45) is 3.72. The molecule has 4 aliphatic rings. The summed E-state index contributed by atoms with van der Waals surface area (Å²) in [7, 11) is 0. The van der Waals surface area contributed by atoms with Crippen molar-refractivity contribution in [3.05, 3.63) is 190 Å². The standard InChI is InChI=1S/C55H46N6/c1-51(2)39-23-13-15-25-41(39)60(43-27-17-29-58-49(43)51)47-35(31-56)36(32-57)48(61-42-26-16-14-24-40(42)52(3,4)50-44(61)28-18-30-59-50)46-45(47)53(5,6)55(54(46,7)8)37-21-11-9-19-33(37)34-20-10-12-22-38(34)55/h9-30H,1-8H3. The summed E-state index contributed by atoms with van der Waals surface area (Å²) >= 11 is 0.